The van der Waals surface area contributed by atoms with E-state index in [1.165, 1.54) is 0 Å². The summed E-state index contributed by atoms with van der Waals surface area (Å²) in [6.07, 6.45) is 2.57. The minimum absolute atomic E-state index is 0.105. The van der Waals surface area contributed by atoms with Gasteiger partial charge < -0.3 is 9.90 Å². The molecule has 5 nitrogen and oxygen atoms in total. The smallest absolute Gasteiger partial charge is 0.207 e. The summed E-state index contributed by atoms with van der Waals surface area (Å²) in [4.78, 5) is 20.6. The molecule has 5 heteroatoms. The van der Waals surface area contributed by atoms with Crippen molar-refractivity contribution in [2.75, 3.05) is 13.2 Å². The van der Waals surface area contributed by atoms with E-state index in [2.05, 4.69) is 0 Å². The number of aliphatic hydroxyl groups excluding tert-OH is 1. The van der Waals surface area contributed by atoms with Gasteiger partial charge >= 0.3 is 0 Å². The first-order valence-electron chi connectivity index (χ1n) is 4.83. The van der Waals surface area contributed by atoms with E-state index < -0.39 is 4.92 Å². The Morgan fingerprint density at radius 3 is 2.50 bits per heavy atom. The van der Waals surface area contributed by atoms with Crippen LogP contribution in [0, 0.1) is 22.0 Å². The molecule has 0 fully saturated rings. The molecule has 82 valence electrons. The van der Waals surface area contributed by atoms with Gasteiger partial charge in [0, 0.05) is 23.4 Å². The molecule has 0 heterocycles. The highest BCUT2D eigenvalue weighted by Gasteiger charge is 2.24. The van der Waals surface area contributed by atoms with Crippen LogP contribution in [0.3, 0.4) is 0 Å². The van der Waals surface area contributed by atoms with E-state index in [9.17, 15) is 14.9 Å². The molecule has 0 rings (SSSR count). The van der Waals surface area contributed by atoms with E-state index in [0.29, 0.717) is 12.8 Å². The number of hydrogen-bond donors (Lipinski definition) is 1. The van der Waals surface area contributed by atoms with Gasteiger partial charge in [-0.3, -0.25) is 10.1 Å². The van der Waals surface area contributed by atoms with Crippen molar-refractivity contribution >= 4 is 6.29 Å². The summed E-state index contributed by atoms with van der Waals surface area (Å²) in [7, 11) is 0. The molecule has 0 bridgehead atoms. The molecule has 0 saturated carbocycles. The fraction of sp³-hybridized carbons (Fsp3) is 0.889. The Morgan fingerprint density at radius 1 is 1.50 bits per heavy atom. The maximum absolute atomic E-state index is 10.7. The van der Waals surface area contributed by atoms with Gasteiger partial charge in [0.05, 0.1) is 0 Å². The summed E-state index contributed by atoms with van der Waals surface area (Å²) in [5.41, 5.74) is 0. The Kier molecular flexibility index (Phi) is 6.92. The van der Waals surface area contributed by atoms with Gasteiger partial charge in [-0.25, -0.2) is 0 Å². The number of hydrogen-bond acceptors (Lipinski definition) is 4. The summed E-state index contributed by atoms with van der Waals surface area (Å²) < 4.78 is 0. The van der Waals surface area contributed by atoms with Crippen molar-refractivity contribution in [3.05, 3.63) is 10.1 Å². The van der Waals surface area contributed by atoms with Gasteiger partial charge in [0.1, 0.15) is 6.29 Å². The molecule has 0 aliphatic heterocycles. The van der Waals surface area contributed by atoms with Gasteiger partial charge in [-0.15, -0.1) is 0 Å². The number of nitro groups is 1. The topological polar surface area (TPSA) is 80.4 Å². The maximum Gasteiger partial charge on any atom is 0.207 e. The van der Waals surface area contributed by atoms with E-state index in [4.69, 9.17) is 5.11 Å². The molecule has 0 aromatic heterocycles. The lowest BCUT2D eigenvalue weighted by molar-refractivity contribution is -0.489. The normalized spacial score (nSPS) is 14.7. The molecule has 0 aromatic carbocycles. The Bertz CT molecular complexity index is 184. The minimum Gasteiger partial charge on any atom is -0.396 e. The predicted molar refractivity (Wildman–Crippen MR) is 51.5 cm³/mol. The van der Waals surface area contributed by atoms with Crippen LogP contribution in [0.25, 0.3) is 0 Å². The third-order valence-corrected chi connectivity index (χ3v) is 2.29. The van der Waals surface area contributed by atoms with Crippen LogP contribution >= 0.6 is 0 Å². The Balaban J connectivity index is 4.25. The van der Waals surface area contributed by atoms with Gasteiger partial charge in [-0.2, -0.15) is 0 Å². The summed E-state index contributed by atoms with van der Waals surface area (Å²) in [6.45, 7) is 1.59. The van der Waals surface area contributed by atoms with Gasteiger partial charge in [-0.1, -0.05) is 13.3 Å². The van der Waals surface area contributed by atoms with Crippen LogP contribution in [0.15, 0.2) is 0 Å². The molecule has 0 spiro atoms. The average molecular weight is 203 g/mol. The number of nitrogens with zero attached hydrogens (tertiary/aromatic N) is 1. The van der Waals surface area contributed by atoms with E-state index in [-0.39, 0.29) is 25.0 Å². The van der Waals surface area contributed by atoms with E-state index in [0.717, 1.165) is 12.7 Å². The first kappa shape index (κ1) is 13.0. The third-order valence-electron chi connectivity index (χ3n) is 2.29. The van der Waals surface area contributed by atoms with Crippen LogP contribution in [0.1, 0.15) is 26.2 Å². The van der Waals surface area contributed by atoms with Crippen LogP contribution < -0.4 is 0 Å². The number of carbonyl (C=O) groups excluding carboxylic acids is 1. The van der Waals surface area contributed by atoms with Crippen molar-refractivity contribution in [1.29, 1.82) is 0 Å². The second-order valence-electron chi connectivity index (χ2n) is 3.38. The van der Waals surface area contributed by atoms with Gasteiger partial charge in [0.25, 0.3) is 0 Å². The lowest BCUT2D eigenvalue weighted by Crippen LogP contribution is -2.25. The molecule has 2 unspecified atom stereocenters. The highest BCUT2D eigenvalue weighted by Crippen LogP contribution is 2.19. The van der Waals surface area contributed by atoms with Crippen molar-refractivity contribution in [2.24, 2.45) is 11.8 Å². The minimum atomic E-state index is -0.424. The lowest BCUT2D eigenvalue weighted by atomic mass is 9.87. The monoisotopic (exact) mass is 203 g/mol. The van der Waals surface area contributed by atoms with Gasteiger partial charge in [0.15, 0.2) is 0 Å². The van der Waals surface area contributed by atoms with Gasteiger partial charge in [-0.05, 0) is 12.8 Å². The SMILES string of the molecule is CCCC(C=O)C(CCO)C[N+](=O)[O-]. The quantitative estimate of drug-likeness (QED) is 0.360. The fourth-order valence-corrected chi connectivity index (χ4v) is 1.55. The molecule has 0 saturated heterocycles. The van der Waals surface area contributed by atoms with Gasteiger partial charge in [0.2, 0.25) is 6.54 Å². The van der Waals surface area contributed by atoms with Crippen molar-refractivity contribution < 1.29 is 14.8 Å². The van der Waals surface area contributed by atoms with Crippen LogP contribution in [0.4, 0.5) is 0 Å². The zero-order valence-corrected chi connectivity index (χ0v) is 8.39. The molecule has 0 amide bonds. The summed E-state index contributed by atoms with van der Waals surface area (Å²) in [5, 5.41) is 19.0. The summed E-state index contributed by atoms with van der Waals surface area (Å²) >= 11 is 0. The van der Waals surface area contributed by atoms with Crippen LogP contribution in [-0.2, 0) is 4.79 Å². The third kappa shape index (κ3) is 4.91. The fourth-order valence-electron chi connectivity index (χ4n) is 1.55. The molecule has 0 aliphatic carbocycles. The Labute approximate surface area is 83.3 Å². The van der Waals surface area contributed by atoms with Crippen molar-refractivity contribution in [2.45, 2.75) is 26.2 Å². The number of rotatable bonds is 8. The second-order valence-corrected chi connectivity index (χ2v) is 3.38. The highest BCUT2D eigenvalue weighted by atomic mass is 16.6. The molecule has 0 aromatic rings. The zero-order valence-electron chi connectivity index (χ0n) is 8.39. The van der Waals surface area contributed by atoms with Crippen molar-refractivity contribution in [3.8, 4) is 0 Å². The van der Waals surface area contributed by atoms with Crippen LogP contribution in [0.5, 0.6) is 0 Å². The number of aliphatic hydroxyl groups is 1. The number of carbonyl (C=O) groups is 1. The molecule has 0 aliphatic rings. The highest BCUT2D eigenvalue weighted by molar-refractivity contribution is 5.53. The van der Waals surface area contributed by atoms with E-state index in [1.807, 2.05) is 6.92 Å². The molecular weight excluding hydrogens is 186 g/mol. The van der Waals surface area contributed by atoms with Crippen molar-refractivity contribution in [3.63, 3.8) is 0 Å². The lowest BCUT2D eigenvalue weighted by Gasteiger charge is -2.17. The first-order valence-corrected chi connectivity index (χ1v) is 4.83. The number of aldehydes is 1. The predicted octanol–water partition coefficient (Wildman–Crippen LogP) is 0.877. The zero-order chi connectivity index (χ0) is 11.0. The summed E-state index contributed by atoms with van der Waals surface area (Å²) in [6, 6.07) is 0. The largest absolute Gasteiger partial charge is 0.396 e. The molecule has 0 radical (unpaired) electrons. The van der Waals surface area contributed by atoms with E-state index >= 15 is 0 Å². The van der Waals surface area contributed by atoms with Crippen LogP contribution in [0.2, 0.25) is 0 Å². The molecule has 2 atom stereocenters. The standard InChI is InChI=1S/C9H17NO4/c1-2-3-9(7-12)8(4-5-11)6-10(13)14/h7-9,11H,2-6H2,1H3. The Hall–Kier alpha value is -0.970. The summed E-state index contributed by atoms with van der Waals surface area (Å²) in [5.74, 6) is -0.620. The molecule has 1 N–H and O–H groups in total. The molecule has 14 heavy (non-hydrogen) atoms. The van der Waals surface area contributed by atoms with Crippen LogP contribution in [-0.4, -0.2) is 29.5 Å². The average Bonchev–Trinajstić information content (AvgIpc) is 2.13. The first-order chi connectivity index (χ1) is 6.65. The maximum atomic E-state index is 10.7. The van der Waals surface area contributed by atoms with Crippen molar-refractivity contribution in [1.82, 2.24) is 0 Å². The Morgan fingerprint density at radius 2 is 2.14 bits per heavy atom. The van der Waals surface area contributed by atoms with E-state index in [1.54, 1.807) is 0 Å². The molecular formula is C9H17NO4. The second kappa shape index (κ2) is 7.44.